The molecule has 1 N–H and O–H groups in total. The first-order valence-electron chi connectivity index (χ1n) is 6.75. The van der Waals surface area contributed by atoms with E-state index in [4.69, 9.17) is 4.74 Å². The number of hydrogen-bond donors (Lipinski definition) is 1. The summed E-state index contributed by atoms with van der Waals surface area (Å²) in [5, 5.41) is 3.58. The van der Waals surface area contributed by atoms with Gasteiger partial charge in [0.1, 0.15) is 5.75 Å². The van der Waals surface area contributed by atoms with Gasteiger partial charge in [0.15, 0.2) is 0 Å². The first-order chi connectivity index (χ1) is 9.04. The number of nitrogens with one attached hydrogen (secondary N) is 1. The highest BCUT2D eigenvalue weighted by Crippen LogP contribution is 2.24. The Morgan fingerprint density at radius 1 is 1.26 bits per heavy atom. The fourth-order valence-corrected chi connectivity index (χ4v) is 3.77. The van der Waals surface area contributed by atoms with Crippen LogP contribution in [-0.4, -0.2) is 28.9 Å². The molecule has 0 fully saturated rings. The van der Waals surface area contributed by atoms with Crippen molar-refractivity contribution in [2.45, 2.75) is 43.7 Å². The predicted molar refractivity (Wildman–Crippen MR) is 82.2 cm³/mol. The van der Waals surface area contributed by atoms with E-state index in [0.717, 1.165) is 17.7 Å². The lowest BCUT2D eigenvalue weighted by Crippen LogP contribution is -2.34. The van der Waals surface area contributed by atoms with Crippen molar-refractivity contribution in [2.75, 3.05) is 14.2 Å². The van der Waals surface area contributed by atoms with Crippen molar-refractivity contribution < 1.29 is 8.95 Å². The maximum absolute atomic E-state index is 12.4. The zero-order valence-electron chi connectivity index (χ0n) is 12.5. The van der Waals surface area contributed by atoms with Crippen LogP contribution in [0.25, 0.3) is 0 Å². The van der Waals surface area contributed by atoms with Gasteiger partial charge in [0, 0.05) is 22.1 Å². The average Bonchev–Trinajstić information content (AvgIpc) is 2.46. The van der Waals surface area contributed by atoms with E-state index >= 15 is 0 Å². The summed E-state index contributed by atoms with van der Waals surface area (Å²) in [6.45, 7) is 6.18. The van der Waals surface area contributed by atoms with E-state index in [9.17, 15) is 4.21 Å². The minimum absolute atomic E-state index is 0.0772. The summed E-state index contributed by atoms with van der Waals surface area (Å²) in [4.78, 5) is 0. The maximum atomic E-state index is 12.4. The Kier molecular flexibility index (Phi) is 6.52. The van der Waals surface area contributed by atoms with Crippen LogP contribution in [0.15, 0.2) is 24.3 Å². The van der Waals surface area contributed by atoms with Gasteiger partial charge in [0.25, 0.3) is 0 Å². The number of benzene rings is 1. The van der Waals surface area contributed by atoms with E-state index in [1.165, 1.54) is 0 Å². The Hall–Kier alpha value is -0.870. The van der Waals surface area contributed by atoms with Gasteiger partial charge in [0.05, 0.1) is 12.4 Å². The molecule has 1 aromatic carbocycles. The van der Waals surface area contributed by atoms with Crippen molar-refractivity contribution in [3.05, 3.63) is 29.8 Å². The van der Waals surface area contributed by atoms with Gasteiger partial charge in [-0.1, -0.05) is 26.0 Å². The summed E-state index contributed by atoms with van der Waals surface area (Å²) >= 11 is 0. The Morgan fingerprint density at radius 2 is 1.84 bits per heavy atom. The average molecular weight is 283 g/mol. The molecule has 0 aromatic heterocycles. The topological polar surface area (TPSA) is 38.3 Å². The normalized spacial score (nSPS) is 17.5. The summed E-state index contributed by atoms with van der Waals surface area (Å²) in [6, 6.07) is 8.05. The molecule has 0 saturated heterocycles. The molecule has 0 amide bonds. The van der Waals surface area contributed by atoms with Crippen LogP contribution in [0.3, 0.4) is 0 Å². The van der Waals surface area contributed by atoms with E-state index < -0.39 is 10.8 Å². The molecule has 0 radical (unpaired) electrons. The molecule has 1 rings (SSSR count). The van der Waals surface area contributed by atoms with Crippen LogP contribution in [0, 0.1) is 0 Å². The third kappa shape index (κ3) is 4.05. The SMILES string of the molecule is CCC(C)S(=O)C(C)C(NC)c1ccc(OC)cc1. The van der Waals surface area contributed by atoms with Gasteiger partial charge in [-0.05, 0) is 38.1 Å². The van der Waals surface area contributed by atoms with Gasteiger partial charge in [0.2, 0.25) is 0 Å². The van der Waals surface area contributed by atoms with Gasteiger partial charge in [-0.2, -0.15) is 0 Å². The second-order valence-electron chi connectivity index (χ2n) is 4.79. The molecule has 4 unspecified atom stereocenters. The molecular formula is C15H25NO2S. The van der Waals surface area contributed by atoms with E-state index in [2.05, 4.69) is 12.2 Å². The first-order valence-corrected chi connectivity index (χ1v) is 8.03. The van der Waals surface area contributed by atoms with Crippen LogP contribution in [0.2, 0.25) is 0 Å². The molecule has 0 spiro atoms. The quantitative estimate of drug-likeness (QED) is 0.836. The monoisotopic (exact) mass is 283 g/mol. The Labute approximate surface area is 119 Å². The molecule has 0 bridgehead atoms. The lowest BCUT2D eigenvalue weighted by atomic mass is 10.0. The zero-order chi connectivity index (χ0) is 14.4. The van der Waals surface area contributed by atoms with Crippen molar-refractivity contribution in [3.63, 3.8) is 0 Å². The van der Waals surface area contributed by atoms with Crippen LogP contribution in [0.4, 0.5) is 0 Å². The molecule has 0 aliphatic rings. The van der Waals surface area contributed by atoms with Crippen LogP contribution in [0.1, 0.15) is 38.8 Å². The number of ether oxygens (including phenoxy) is 1. The zero-order valence-corrected chi connectivity index (χ0v) is 13.3. The van der Waals surface area contributed by atoms with E-state index in [1.54, 1.807) is 7.11 Å². The van der Waals surface area contributed by atoms with Gasteiger partial charge >= 0.3 is 0 Å². The van der Waals surface area contributed by atoms with Crippen molar-refractivity contribution in [3.8, 4) is 5.75 Å². The van der Waals surface area contributed by atoms with Crippen LogP contribution in [-0.2, 0) is 10.8 Å². The smallest absolute Gasteiger partial charge is 0.118 e. The molecule has 0 heterocycles. The van der Waals surface area contributed by atoms with Gasteiger partial charge in [-0.3, -0.25) is 4.21 Å². The summed E-state index contributed by atoms with van der Waals surface area (Å²) in [6.07, 6.45) is 0.940. The highest BCUT2D eigenvalue weighted by molar-refractivity contribution is 7.86. The minimum Gasteiger partial charge on any atom is -0.497 e. The molecule has 1 aromatic rings. The Bertz CT molecular complexity index is 405. The van der Waals surface area contributed by atoms with E-state index in [0.29, 0.717) is 0 Å². The maximum Gasteiger partial charge on any atom is 0.118 e. The van der Waals surface area contributed by atoms with Crippen molar-refractivity contribution in [1.29, 1.82) is 0 Å². The van der Waals surface area contributed by atoms with Crippen LogP contribution in [0.5, 0.6) is 5.75 Å². The molecule has 3 nitrogen and oxygen atoms in total. The van der Waals surface area contributed by atoms with Crippen molar-refractivity contribution in [2.24, 2.45) is 0 Å². The van der Waals surface area contributed by atoms with Gasteiger partial charge in [-0.25, -0.2) is 0 Å². The molecule has 0 aliphatic carbocycles. The molecule has 108 valence electrons. The molecule has 0 saturated carbocycles. The Balaban J connectivity index is 2.89. The van der Waals surface area contributed by atoms with Crippen molar-refractivity contribution >= 4 is 10.8 Å². The second-order valence-corrected chi connectivity index (χ2v) is 7.00. The largest absolute Gasteiger partial charge is 0.497 e. The highest BCUT2D eigenvalue weighted by atomic mass is 32.2. The summed E-state index contributed by atoms with van der Waals surface area (Å²) < 4.78 is 17.6. The number of hydrogen-bond acceptors (Lipinski definition) is 3. The van der Waals surface area contributed by atoms with Crippen LogP contribution < -0.4 is 10.1 Å². The van der Waals surface area contributed by atoms with E-state index in [1.807, 2.05) is 45.2 Å². The summed E-state index contributed by atoms with van der Waals surface area (Å²) in [5.41, 5.74) is 1.15. The lowest BCUT2D eigenvalue weighted by molar-refractivity contribution is 0.414. The number of rotatable bonds is 7. The number of methoxy groups -OCH3 is 1. The molecule has 4 heteroatoms. The van der Waals surface area contributed by atoms with E-state index in [-0.39, 0.29) is 16.5 Å². The summed E-state index contributed by atoms with van der Waals surface area (Å²) in [5.74, 6) is 0.842. The molecule has 0 aliphatic heterocycles. The standard InChI is InChI=1S/C15H25NO2S/c1-6-11(2)19(17)12(3)15(16-4)13-7-9-14(18-5)10-8-13/h7-12,15-16H,6H2,1-5H3. The van der Waals surface area contributed by atoms with Gasteiger partial charge < -0.3 is 10.1 Å². The molecule has 19 heavy (non-hydrogen) atoms. The van der Waals surface area contributed by atoms with Gasteiger partial charge in [-0.15, -0.1) is 0 Å². The fourth-order valence-electron chi connectivity index (χ4n) is 2.15. The van der Waals surface area contributed by atoms with Crippen molar-refractivity contribution in [1.82, 2.24) is 5.32 Å². The molecule has 4 atom stereocenters. The lowest BCUT2D eigenvalue weighted by Gasteiger charge is -2.26. The molecular weight excluding hydrogens is 258 g/mol. The minimum atomic E-state index is -0.841. The Morgan fingerprint density at radius 3 is 2.26 bits per heavy atom. The fraction of sp³-hybridized carbons (Fsp3) is 0.600. The van der Waals surface area contributed by atoms with Crippen LogP contribution >= 0.6 is 0 Å². The summed E-state index contributed by atoms with van der Waals surface area (Å²) in [7, 11) is 2.73. The third-order valence-corrected chi connectivity index (χ3v) is 5.72. The predicted octanol–water partition coefficient (Wildman–Crippen LogP) is 2.89. The first kappa shape index (κ1) is 16.2. The third-order valence-electron chi connectivity index (χ3n) is 3.59. The highest BCUT2D eigenvalue weighted by Gasteiger charge is 2.25. The second kappa shape index (κ2) is 7.65.